The average Bonchev–Trinajstić information content (AvgIpc) is 2.61. The van der Waals surface area contributed by atoms with Crippen molar-refractivity contribution in [1.82, 2.24) is 5.43 Å². The van der Waals surface area contributed by atoms with Crippen molar-refractivity contribution >= 4 is 23.8 Å². The zero-order valence-corrected chi connectivity index (χ0v) is 14.6. The molecule has 2 rings (SSSR count). The largest absolute Gasteiger partial charge is 0.481 e. The number of carbonyl (C=O) groups excluding carboxylic acids is 1. The summed E-state index contributed by atoms with van der Waals surface area (Å²) >= 11 is 0. The van der Waals surface area contributed by atoms with Crippen molar-refractivity contribution < 1.29 is 24.4 Å². The fourth-order valence-electron chi connectivity index (χ4n) is 2.22. The Kier molecular flexibility index (Phi) is 6.21. The number of amides is 1. The predicted octanol–water partition coefficient (Wildman–Crippen LogP) is 2.52. The molecule has 0 radical (unpaired) electrons. The molecule has 9 heteroatoms. The van der Waals surface area contributed by atoms with Crippen molar-refractivity contribution in [1.29, 1.82) is 0 Å². The van der Waals surface area contributed by atoms with E-state index in [1.165, 1.54) is 37.4 Å². The van der Waals surface area contributed by atoms with Crippen molar-refractivity contribution in [3.05, 3.63) is 69.3 Å². The van der Waals surface area contributed by atoms with Gasteiger partial charge in [0.15, 0.2) is 6.10 Å². The lowest BCUT2D eigenvalue weighted by Gasteiger charge is -2.13. The van der Waals surface area contributed by atoms with Gasteiger partial charge in [0.05, 0.1) is 16.7 Å². The molecule has 0 saturated heterocycles. The molecule has 9 nitrogen and oxygen atoms in total. The molecular weight excluding hydrogens is 354 g/mol. The maximum absolute atomic E-state index is 12.0. The quantitative estimate of drug-likeness (QED) is 0.437. The van der Waals surface area contributed by atoms with Gasteiger partial charge in [0.2, 0.25) is 0 Å². The van der Waals surface area contributed by atoms with Gasteiger partial charge in [0.1, 0.15) is 5.75 Å². The van der Waals surface area contributed by atoms with Crippen molar-refractivity contribution in [2.45, 2.75) is 20.0 Å². The highest BCUT2D eigenvalue weighted by molar-refractivity contribution is 5.98. The lowest BCUT2D eigenvalue weighted by Crippen LogP contribution is -2.33. The number of nitro groups is 1. The van der Waals surface area contributed by atoms with Crippen LogP contribution in [0.5, 0.6) is 5.75 Å². The normalized spacial score (nSPS) is 11.8. The first-order valence-electron chi connectivity index (χ1n) is 7.86. The first-order chi connectivity index (χ1) is 12.8. The molecule has 0 spiro atoms. The summed E-state index contributed by atoms with van der Waals surface area (Å²) in [6, 6.07) is 10.4. The number of carboxylic acids is 1. The van der Waals surface area contributed by atoms with Crippen LogP contribution in [0.3, 0.4) is 0 Å². The second kappa shape index (κ2) is 8.56. The zero-order valence-electron chi connectivity index (χ0n) is 14.6. The molecule has 0 heterocycles. The highest BCUT2D eigenvalue weighted by Crippen LogP contribution is 2.23. The highest BCUT2D eigenvalue weighted by Gasteiger charge is 2.16. The molecule has 1 amide bonds. The summed E-state index contributed by atoms with van der Waals surface area (Å²) in [5, 5.41) is 23.6. The van der Waals surface area contributed by atoms with Crippen LogP contribution in [0.15, 0.2) is 47.6 Å². The monoisotopic (exact) mass is 371 g/mol. The number of carbonyl (C=O) groups is 2. The SMILES string of the molecule is Cc1cc(O[C@@H](C)C(=O)N/N=C\c2ccccc2C(=O)O)ccc1[N+](=O)[O-]. The number of ether oxygens (including phenoxy) is 1. The van der Waals surface area contributed by atoms with Gasteiger partial charge in [-0.15, -0.1) is 0 Å². The molecule has 0 bridgehead atoms. The van der Waals surface area contributed by atoms with E-state index in [1.807, 2.05) is 0 Å². The molecule has 2 aromatic rings. The number of hydrogen-bond acceptors (Lipinski definition) is 6. The fraction of sp³-hybridized carbons (Fsp3) is 0.167. The topological polar surface area (TPSA) is 131 Å². The van der Waals surface area contributed by atoms with E-state index in [2.05, 4.69) is 10.5 Å². The van der Waals surface area contributed by atoms with Crippen LogP contribution in [0.1, 0.15) is 28.4 Å². The van der Waals surface area contributed by atoms with Gasteiger partial charge in [-0.3, -0.25) is 14.9 Å². The van der Waals surface area contributed by atoms with E-state index in [4.69, 9.17) is 9.84 Å². The molecule has 140 valence electrons. The minimum Gasteiger partial charge on any atom is -0.481 e. The number of hydrogen-bond donors (Lipinski definition) is 2. The van der Waals surface area contributed by atoms with Gasteiger partial charge < -0.3 is 9.84 Å². The summed E-state index contributed by atoms with van der Waals surface area (Å²) in [5.74, 6) is -1.36. The first-order valence-corrected chi connectivity index (χ1v) is 7.86. The number of rotatable bonds is 7. The molecule has 0 aliphatic rings. The Morgan fingerprint density at radius 3 is 2.63 bits per heavy atom. The van der Waals surface area contributed by atoms with Gasteiger partial charge in [0, 0.05) is 17.2 Å². The smallest absolute Gasteiger partial charge is 0.336 e. The van der Waals surface area contributed by atoms with Gasteiger partial charge in [-0.1, -0.05) is 18.2 Å². The number of carboxylic acid groups (broad SMARTS) is 1. The van der Waals surface area contributed by atoms with E-state index in [-0.39, 0.29) is 11.3 Å². The Balaban J connectivity index is 1.99. The van der Waals surface area contributed by atoms with Crippen molar-refractivity contribution in [2.24, 2.45) is 5.10 Å². The Morgan fingerprint density at radius 1 is 1.30 bits per heavy atom. The summed E-state index contributed by atoms with van der Waals surface area (Å²) in [4.78, 5) is 33.5. The lowest BCUT2D eigenvalue weighted by molar-refractivity contribution is -0.385. The summed E-state index contributed by atoms with van der Waals surface area (Å²) in [5.41, 5.74) is 3.03. The number of nitro benzene ring substituents is 1. The van der Waals surface area contributed by atoms with Crippen LogP contribution in [-0.4, -0.2) is 34.2 Å². The Labute approximate surface area is 154 Å². The Hall–Kier alpha value is -3.75. The maximum atomic E-state index is 12.0. The van der Waals surface area contributed by atoms with E-state index in [1.54, 1.807) is 25.1 Å². The lowest BCUT2D eigenvalue weighted by atomic mass is 10.1. The van der Waals surface area contributed by atoms with Crippen LogP contribution in [0.25, 0.3) is 0 Å². The Bertz CT molecular complexity index is 910. The molecule has 2 N–H and O–H groups in total. The maximum Gasteiger partial charge on any atom is 0.336 e. The molecule has 0 saturated carbocycles. The second-order valence-electron chi connectivity index (χ2n) is 5.59. The van der Waals surface area contributed by atoms with Gasteiger partial charge >= 0.3 is 5.97 Å². The number of nitrogens with one attached hydrogen (secondary N) is 1. The Morgan fingerprint density at radius 2 is 2.00 bits per heavy atom. The third kappa shape index (κ3) is 5.11. The van der Waals surface area contributed by atoms with E-state index in [0.29, 0.717) is 16.9 Å². The minimum atomic E-state index is -1.10. The number of nitrogens with zero attached hydrogens (tertiary/aromatic N) is 2. The molecular formula is C18H17N3O6. The molecule has 0 aromatic heterocycles. The number of hydrazone groups is 1. The molecule has 27 heavy (non-hydrogen) atoms. The van der Waals surface area contributed by atoms with Gasteiger partial charge in [0.25, 0.3) is 11.6 Å². The average molecular weight is 371 g/mol. The summed E-state index contributed by atoms with van der Waals surface area (Å²) in [6.07, 6.45) is 0.308. The third-order valence-corrected chi connectivity index (χ3v) is 3.62. The van der Waals surface area contributed by atoms with Crippen LogP contribution < -0.4 is 10.2 Å². The standard InChI is InChI=1S/C18H17N3O6/c1-11-9-14(7-8-16(11)21(25)26)27-12(2)17(22)20-19-10-13-5-3-4-6-15(13)18(23)24/h3-10,12H,1-2H3,(H,20,22)(H,23,24)/b19-10-/t12-/m0/s1. The molecule has 2 aromatic carbocycles. The number of aryl methyl sites for hydroxylation is 1. The summed E-state index contributed by atoms with van der Waals surface area (Å²) < 4.78 is 5.45. The predicted molar refractivity (Wildman–Crippen MR) is 97.1 cm³/mol. The van der Waals surface area contributed by atoms with Crippen molar-refractivity contribution in [3.63, 3.8) is 0 Å². The van der Waals surface area contributed by atoms with Crippen LogP contribution in [0.4, 0.5) is 5.69 Å². The highest BCUT2D eigenvalue weighted by atomic mass is 16.6. The molecule has 0 aliphatic heterocycles. The van der Waals surface area contributed by atoms with E-state index < -0.39 is 22.9 Å². The van der Waals surface area contributed by atoms with Gasteiger partial charge in [-0.2, -0.15) is 5.10 Å². The molecule has 1 atom stereocenters. The summed E-state index contributed by atoms with van der Waals surface area (Å²) in [7, 11) is 0. The minimum absolute atomic E-state index is 0.0406. The zero-order chi connectivity index (χ0) is 20.0. The molecule has 0 fully saturated rings. The van der Waals surface area contributed by atoms with E-state index in [0.717, 1.165) is 0 Å². The number of benzene rings is 2. The van der Waals surface area contributed by atoms with Crippen molar-refractivity contribution in [2.75, 3.05) is 0 Å². The van der Waals surface area contributed by atoms with Gasteiger partial charge in [-0.05, 0) is 32.0 Å². The van der Waals surface area contributed by atoms with Crippen LogP contribution >= 0.6 is 0 Å². The molecule has 0 unspecified atom stereocenters. The summed E-state index contributed by atoms with van der Waals surface area (Å²) in [6.45, 7) is 3.06. The van der Waals surface area contributed by atoms with Crippen LogP contribution in [-0.2, 0) is 4.79 Å². The first kappa shape index (κ1) is 19.6. The van der Waals surface area contributed by atoms with Gasteiger partial charge in [-0.25, -0.2) is 10.2 Å². The van der Waals surface area contributed by atoms with Crippen molar-refractivity contribution in [3.8, 4) is 5.75 Å². The number of aromatic carboxylic acids is 1. The fourth-order valence-corrected chi connectivity index (χ4v) is 2.22. The van der Waals surface area contributed by atoms with Crippen LogP contribution in [0, 0.1) is 17.0 Å². The van der Waals surface area contributed by atoms with E-state index >= 15 is 0 Å². The second-order valence-corrected chi connectivity index (χ2v) is 5.59. The third-order valence-electron chi connectivity index (χ3n) is 3.62. The van der Waals surface area contributed by atoms with Crippen LogP contribution in [0.2, 0.25) is 0 Å². The van der Waals surface area contributed by atoms with E-state index in [9.17, 15) is 19.7 Å². The molecule has 0 aliphatic carbocycles.